The van der Waals surface area contributed by atoms with Crippen molar-refractivity contribution in [1.82, 2.24) is 0 Å². The van der Waals surface area contributed by atoms with Gasteiger partial charge in [0, 0.05) is 0 Å². The van der Waals surface area contributed by atoms with Gasteiger partial charge >= 0.3 is 71.5 Å². The third kappa shape index (κ3) is 7.99. The van der Waals surface area contributed by atoms with Crippen LogP contribution in [0.25, 0.3) is 0 Å². The molecule has 0 saturated carbocycles. The third-order valence-corrected chi connectivity index (χ3v) is 1.93. The fourth-order valence-corrected chi connectivity index (χ4v) is 1.04. The Morgan fingerprint density at radius 1 is 1.43 bits per heavy atom. The average molecular weight is 378 g/mol. The summed E-state index contributed by atoms with van der Waals surface area (Å²) in [6.45, 7) is 0. The minimum atomic E-state index is -2.12. The van der Waals surface area contributed by atoms with Crippen molar-refractivity contribution >= 4 is 31.2 Å². The second-order valence-electron chi connectivity index (χ2n) is 3.46. The number of aliphatic carboxylic acids is 1. The second-order valence-corrected chi connectivity index (χ2v) is 3.46. The number of hydrogen-bond donors (Lipinski definition) is 2. The summed E-state index contributed by atoms with van der Waals surface area (Å²) in [6, 6.07) is 0. The molecule has 2 atom stereocenters. The van der Waals surface area contributed by atoms with Crippen LogP contribution in [0.15, 0.2) is 0 Å². The quantitative estimate of drug-likeness (QED) is 0.444. The number of carbonyl (C=O) groups is 4. The standard InChI is InChI=1S/C8H9BO10.H2O.Rb/c10-3(7(14)15)1-5(12)17-9-18-6(13)2-4(11)8(16)19-9;;/h3-4,10-11H,1-2H2,(H,14,15);1H2;/q;;+1/p-1/t3-,4-;;/m0../s1. The minimum absolute atomic E-state index is 0. The molecule has 13 heteroatoms. The molecule has 21 heavy (non-hydrogen) atoms. The molecule has 1 heterocycles. The Bertz CT molecular complexity index is 413. The molecule has 1 rings (SSSR count). The number of carboxylic acids is 1. The zero-order valence-electron chi connectivity index (χ0n) is 10.8. The van der Waals surface area contributed by atoms with E-state index >= 15 is 0 Å². The van der Waals surface area contributed by atoms with Gasteiger partial charge in [-0.15, -0.1) is 0 Å². The summed E-state index contributed by atoms with van der Waals surface area (Å²) in [4.78, 5) is 43.3. The van der Waals surface area contributed by atoms with E-state index in [9.17, 15) is 24.3 Å². The van der Waals surface area contributed by atoms with Gasteiger partial charge in [-0.05, 0) is 0 Å². The van der Waals surface area contributed by atoms with Gasteiger partial charge in [0.05, 0.1) is 18.8 Å². The first-order valence-corrected chi connectivity index (χ1v) is 4.96. The van der Waals surface area contributed by atoms with Crippen LogP contribution >= 0.6 is 0 Å². The van der Waals surface area contributed by atoms with Gasteiger partial charge in [0.1, 0.15) is 6.10 Å². The van der Waals surface area contributed by atoms with Crippen molar-refractivity contribution in [2.45, 2.75) is 25.0 Å². The molecule has 0 bridgehead atoms. The van der Waals surface area contributed by atoms with Crippen LogP contribution < -0.4 is 63.3 Å². The van der Waals surface area contributed by atoms with E-state index in [1.807, 2.05) is 0 Å². The second kappa shape index (κ2) is 10.4. The number of hydrogen-bond acceptors (Lipinski definition) is 10. The zero-order valence-corrected chi connectivity index (χ0v) is 15.7. The van der Waals surface area contributed by atoms with E-state index in [0.29, 0.717) is 0 Å². The van der Waals surface area contributed by atoms with E-state index < -0.39 is 56.2 Å². The molecule has 0 radical (unpaired) electrons. The molecule has 1 aliphatic rings. The van der Waals surface area contributed by atoms with Crippen LogP contribution in [0.1, 0.15) is 12.8 Å². The Morgan fingerprint density at radius 3 is 2.52 bits per heavy atom. The molecule has 0 aromatic rings. The molecule has 11 nitrogen and oxygen atoms in total. The summed E-state index contributed by atoms with van der Waals surface area (Å²) in [5.41, 5.74) is 0. The Hall–Kier alpha value is -0.370. The van der Waals surface area contributed by atoms with E-state index in [-0.39, 0.29) is 63.7 Å². The number of rotatable bonds is 4. The van der Waals surface area contributed by atoms with Crippen molar-refractivity contribution in [2.75, 3.05) is 0 Å². The van der Waals surface area contributed by atoms with Crippen molar-refractivity contribution in [3.8, 4) is 0 Å². The van der Waals surface area contributed by atoms with E-state index in [1.54, 1.807) is 0 Å². The number of aliphatic hydroxyl groups is 2. The smallest absolute Gasteiger partial charge is 0.547 e. The van der Waals surface area contributed by atoms with Crippen LogP contribution in [0.2, 0.25) is 0 Å². The maximum Gasteiger partial charge on any atom is 1.00 e. The average Bonchev–Trinajstić information content (AvgIpc) is 2.37. The fraction of sp³-hybridized carbons (Fsp3) is 0.500. The Morgan fingerprint density at radius 2 is 2.00 bits per heavy atom. The summed E-state index contributed by atoms with van der Waals surface area (Å²) in [7, 11) is -2.04. The molecular formula is C8H10BO11Rb. The van der Waals surface area contributed by atoms with Gasteiger partial charge in [-0.2, -0.15) is 0 Å². The van der Waals surface area contributed by atoms with Crippen molar-refractivity contribution in [1.29, 1.82) is 0 Å². The van der Waals surface area contributed by atoms with E-state index in [4.69, 9.17) is 10.2 Å². The predicted octanol–water partition coefficient (Wildman–Crippen LogP) is -7.95. The van der Waals surface area contributed by atoms with Crippen LogP contribution in [0.5, 0.6) is 0 Å². The normalized spacial score (nSPS) is 19.0. The SMILES string of the molecule is O.O=C(C[C@H](O)C(=O)[O-])OB1OC(=O)C[C@H](O)C(=O)O1.[Rb+]. The topological polar surface area (TPSA) is 191 Å². The number of carboxylic acid groups (broad SMARTS) is 1. The molecular weight excluding hydrogens is 368 g/mol. The van der Waals surface area contributed by atoms with Gasteiger partial charge in [0.2, 0.25) is 0 Å². The minimum Gasteiger partial charge on any atom is -0.547 e. The molecule has 0 amide bonds. The fourth-order valence-electron chi connectivity index (χ4n) is 1.04. The van der Waals surface area contributed by atoms with Gasteiger partial charge in [0.25, 0.3) is 11.9 Å². The number of carbonyl (C=O) groups excluding carboxylic acids is 4. The molecule has 1 saturated heterocycles. The summed E-state index contributed by atoms with van der Waals surface area (Å²) < 4.78 is 12.9. The summed E-state index contributed by atoms with van der Waals surface area (Å²) >= 11 is 0. The van der Waals surface area contributed by atoms with Gasteiger partial charge in [-0.25, -0.2) is 0 Å². The predicted molar refractivity (Wildman–Crippen MR) is 53.9 cm³/mol. The molecule has 1 aliphatic heterocycles. The molecule has 0 aliphatic carbocycles. The van der Waals surface area contributed by atoms with Crippen LogP contribution in [0.4, 0.5) is 0 Å². The summed E-state index contributed by atoms with van der Waals surface area (Å²) in [5.74, 6) is -5.51. The number of aliphatic hydroxyl groups excluding tert-OH is 2. The molecule has 0 spiro atoms. The molecule has 4 N–H and O–H groups in total. The van der Waals surface area contributed by atoms with Crippen molar-refractivity contribution in [2.24, 2.45) is 0 Å². The first-order valence-electron chi connectivity index (χ1n) is 4.96. The maximum absolute atomic E-state index is 11.1. The zero-order chi connectivity index (χ0) is 14.6. The summed E-state index contributed by atoms with van der Waals surface area (Å²) in [6.07, 6.45) is -5.52. The third-order valence-electron chi connectivity index (χ3n) is 1.93. The van der Waals surface area contributed by atoms with Crippen LogP contribution in [-0.2, 0) is 33.1 Å². The van der Waals surface area contributed by atoms with Gasteiger partial charge in [0.15, 0.2) is 6.10 Å². The molecule has 0 aromatic heterocycles. The summed E-state index contributed by atoms with van der Waals surface area (Å²) in [5, 5.41) is 28.0. The van der Waals surface area contributed by atoms with Gasteiger partial charge in [-0.1, -0.05) is 0 Å². The first kappa shape index (κ1) is 22.9. The Kier molecular flexibility index (Phi) is 11.3. The van der Waals surface area contributed by atoms with E-state index in [2.05, 4.69) is 14.0 Å². The van der Waals surface area contributed by atoms with Crippen LogP contribution in [-0.4, -0.2) is 59.1 Å². The van der Waals surface area contributed by atoms with Crippen LogP contribution in [0.3, 0.4) is 0 Å². The first-order chi connectivity index (χ1) is 8.79. The van der Waals surface area contributed by atoms with Crippen molar-refractivity contribution in [3.05, 3.63) is 0 Å². The van der Waals surface area contributed by atoms with Gasteiger partial charge in [-0.3, -0.25) is 14.4 Å². The van der Waals surface area contributed by atoms with Gasteiger partial charge < -0.3 is 39.6 Å². The Labute approximate surface area is 166 Å². The van der Waals surface area contributed by atoms with E-state index in [1.165, 1.54) is 0 Å². The molecule has 0 aromatic carbocycles. The van der Waals surface area contributed by atoms with E-state index in [0.717, 1.165) is 0 Å². The van der Waals surface area contributed by atoms with Crippen molar-refractivity contribution < 1.29 is 112 Å². The Balaban J connectivity index is 0. The molecule has 1 fully saturated rings. The molecule has 0 unspecified atom stereocenters. The molecule has 112 valence electrons. The largest absolute Gasteiger partial charge is 1.00 e. The maximum atomic E-state index is 11.1. The van der Waals surface area contributed by atoms with Crippen LogP contribution in [0, 0.1) is 0 Å². The monoisotopic (exact) mass is 378 g/mol. The van der Waals surface area contributed by atoms with Crippen molar-refractivity contribution in [3.63, 3.8) is 0 Å².